The first-order valence-electron chi connectivity index (χ1n) is 7.92. The maximum absolute atomic E-state index is 4.50. The zero-order valence-corrected chi connectivity index (χ0v) is 18.1. The number of halogens is 1. The fraction of sp³-hybridized carbons (Fsp3) is 0.294. The highest BCUT2D eigenvalue weighted by Gasteiger charge is 2.09. The van der Waals surface area contributed by atoms with Crippen LogP contribution < -0.4 is 5.32 Å². The Morgan fingerprint density at radius 2 is 2.23 bits per heavy atom. The molecule has 0 radical (unpaired) electrons. The molecule has 0 spiro atoms. The van der Waals surface area contributed by atoms with Crippen molar-refractivity contribution in [2.75, 3.05) is 14.1 Å². The first-order valence-corrected chi connectivity index (χ1v) is 8.80. The summed E-state index contributed by atoms with van der Waals surface area (Å²) >= 11 is 1.66. The second kappa shape index (κ2) is 9.62. The van der Waals surface area contributed by atoms with Gasteiger partial charge in [-0.25, -0.2) is 14.6 Å². The van der Waals surface area contributed by atoms with Crippen LogP contribution in [0, 0.1) is 6.92 Å². The van der Waals surface area contributed by atoms with Crippen LogP contribution in [0.15, 0.2) is 47.3 Å². The van der Waals surface area contributed by atoms with E-state index < -0.39 is 0 Å². The highest BCUT2D eigenvalue weighted by atomic mass is 127. The molecule has 0 saturated heterocycles. The van der Waals surface area contributed by atoms with E-state index in [4.69, 9.17) is 0 Å². The topological polar surface area (TPSA) is 71.2 Å². The molecule has 0 saturated carbocycles. The first-order chi connectivity index (χ1) is 12.2. The quantitative estimate of drug-likeness (QED) is 0.344. The minimum Gasteiger partial charge on any atom is -0.352 e. The summed E-state index contributed by atoms with van der Waals surface area (Å²) in [5, 5.41) is 10.7. The number of thiazole rings is 1. The molecule has 0 amide bonds. The summed E-state index contributed by atoms with van der Waals surface area (Å²) in [5.41, 5.74) is 3.19. The molecule has 2 heterocycles. The molecule has 7 nitrogen and oxygen atoms in total. The van der Waals surface area contributed by atoms with E-state index in [-0.39, 0.29) is 24.0 Å². The predicted molar refractivity (Wildman–Crippen MR) is 115 cm³/mol. The molecule has 1 aromatic carbocycles. The summed E-state index contributed by atoms with van der Waals surface area (Å²) < 4.78 is 1.75. The van der Waals surface area contributed by atoms with Gasteiger partial charge in [0, 0.05) is 26.0 Å². The van der Waals surface area contributed by atoms with Crippen molar-refractivity contribution in [1.82, 2.24) is 30.0 Å². The largest absolute Gasteiger partial charge is 0.352 e. The Labute approximate surface area is 174 Å². The third-order valence-corrected chi connectivity index (χ3v) is 4.51. The van der Waals surface area contributed by atoms with Crippen LogP contribution in [-0.4, -0.2) is 44.7 Å². The number of guanidine groups is 1. The molecule has 138 valence electrons. The van der Waals surface area contributed by atoms with E-state index in [2.05, 4.69) is 47.8 Å². The Hall–Kier alpha value is -2.01. The number of rotatable bonds is 5. The number of hydrogen-bond acceptors (Lipinski definition) is 5. The molecule has 0 aliphatic heterocycles. The Kier molecular flexibility index (Phi) is 7.51. The van der Waals surface area contributed by atoms with Crippen molar-refractivity contribution in [2.45, 2.75) is 20.0 Å². The minimum atomic E-state index is 0. The van der Waals surface area contributed by atoms with E-state index in [0.29, 0.717) is 6.54 Å². The van der Waals surface area contributed by atoms with Crippen LogP contribution in [0.2, 0.25) is 0 Å². The van der Waals surface area contributed by atoms with Crippen LogP contribution >= 0.6 is 35.3 Å². The van der Waals surface area contributed by atoms with E-state index in [1.165, 1.54) is 6.33 Å². The second-order valence-electron chi connectivity index (χ2n) is 5.62. The molecule has 9 heteroatoms. The molecule has 1 N–H and O–H groups in total. The highest BCUT2D eigenvalue weighted by Crippen LogP contribution is 2.11. The van der Waals surface area contributed by atoms with Gasteiger partial charge < -0.3 is 10.2 Å². The van der Waals surface area contributed by atoms with Crippen LogP contribution in [-0.2, 0) is 13.1 Å². The van der Waals surface area contributed by atoms with Gasteiger partial charge in [-0.3, -0.25) is 4.99 Å². The van der Waals surface area contributed by atoms with E-state index >= 15 is 0 Å². The molecule has 0 fully saturated rings. The fourth-order valence-electron chi connectivity index (χ4n) is 2.52. The third-order valence-electron chi connectivity index (χ3n) is 3.68. The van der Waals surface area contributed by atoms with Gasteiger partial charge in [0.15, 0.2) is 5.96 Å². The van der Waals surface area contributed by atoms with Gasteiger partial charge in [0.25, 0.3) is 0 Å². The normalized spacial score (nSPS) is 11.1. The Morgan fingerprint density at radius 1 is 1.38 bits per heavy atom. The lowest BCUT2D eigenvalue weighted by molar-refractivity contribution is 0.470. The van der Waals surface area contributed by atoms with Crippen molar-refractivity contribution in [3.63, 3.8) is 0 Å². The molecule has 0 bridgehead atoms. The van der Waals surface area contributed by atoms with Gasteiger partial charge in [-0.05, 0) is 24.6 Å². The molecule has 0 unspecified atom stereocenters. The van der Waals surface area contributed by atoms with E-state index in [9.17, 15) is 0 Å². The Bertz CT molecular complexity index is 844. The molecule has 3 aromatic rings. The van der Waals surface area contributed by atoms with Crippen molar-refractivity contribution in [3.8, 4) is 5.69 Å². The van der Waals surface area contributed by atoms with Crippen molar-refractivity contribution < 1.29 is 0 Å². The van der Waals surface area contributed by atoms with Crippen molar-refractivity contribution in [1.29, 1.82) is 0 Å². The Balaban J connectivity index is 0.00000243. The van der Waals surface area contributed by atoms with Crippen molar-refractivity contribution in [2.24, 2.45) is 4.99 Å². The summed E-state index contributed by atoms with van der Waals surface area (Å²) in [5.74, 6) is 0.830. The molecular formula is C17H22IN7S. The van der Waals surface area contributed by atoms with Crippen LogP contribution in [0.25, 0.3) is 5.69 Å². The van der Waals surface area contributed by atoms with Gasteiger partial charge in [-0.1, -0.05) is 12.1 Å². The fourth-order valence-corrected chi connectivity index (χ4v) is 3.12. The lowest BCUT2D eigenvalue weighted by Gasteiger charge is -2.21. The number of benzene rings is 1. The smallest absolute Gasteiger partial charge is 0.194 e. The number of nitrogens with zero attached hydrogens (tertiary/aromatic N) is 6. The first kappa shape index (κ1) is 20.3. The molecule has 2 aromatic heterocycles. The number of aryl methyl sites for hydroxylation is 1. The summed E-state index contributed by atoms with van der Waals surface area (Å²) in [6.45, 7) is 3.42. The van der Waals surface area contributed by atoms with Gasteiger partial charge in [0.2, 0.25) is 0 Å². The van der Waals surface area contributed by atoms with Gasteiger partial charge in [-0.2, -0.15) is 5.10 Å². The number of aromatic nitrogens is 4. The monoisotopic (exact) mass is 483 g/mol. The highest BCUT2D eigenvalue weighted by molar-refractivity contribution is 14.0. The molecule has 0 atom stereocenters. The standard InChI is InChI=1S/C17H21N7S.HI/c1-13-22-15(10-25-13)9-23(3)17(18-2)20-8-14-5-4-6-16(7-14)24-12-19-11-21-24;/h4-7,10-12H,8-9H2,1-3H3,(H,18,20);1H. The summed E-state index contributed by atoms with van der Waals surface area (Å²) in [4.78, 5) is 14.9. The number of nitrogens with one attached hydrogen (secondary N) is 1. The van der Waals surface area contributed by atoms with Crippen LogP contribution in [0.4, 0.5) is 0 Å². The SMILES string of the molecule is CN=C(NCc1cccc(-n2cncn2)c1)N(C)Cc1csc(C)n1.I. The predicted octanol–water partition coefficient (Wildman–Crippen LogP) is 2.86. The third kappa shape index (κ3) is 5.24. The lowest BCUT2D eigenvalue weighted by Crippen LogP contribution is -2.38. The zero-order chi connectivity index (χ0) is 17.6. The summed E-state index contributed by atoms with van der Waals surface area (Å²) in [6.07, 6.45) is 3.22. The maximum atomic E-state index is 4.50. The number of aliphatic imine (C=N–C) groups is 1. The van der Waals surface area contributed by atoms with Crippen molar-refractivity contribution in [3.05, 3.63) is 58.6 Å². The van der Waals surface area contributed by atoms with Gasteiger partial charge in [0.05, 0.1) is 22.9 Å². The molecule has 3 rings (SSSR count). The van der Waals surface area contributed by atoms with Gasteiger partial charge >= 0.3 is 0 Å². The zero-order valence-electron chi connectivity index (χ0n) is 15.0. The van der Waals surface area contributed by atoms with Gasteiger partial charge in [0.1, 0.15) is 12.7 Å². The molecule has 26 heavy (non-hydrogen) atoms. The number of hydrogen-bond donors (Lipinski definition) is 1. The van der Waals surface area contributed by atoms with Crippen LogP contribution in [0.5, 0.6) is 0 Å². The molecule has 0 aliphatic carbocycles. The second-order valence-corrected chi connectivity index (χ2v) is 6.69. The Morgan fingerprint density at radius 3 is 2.88 bits per heavy atom. The molecule has 0 aliphatic rings. The van der Waals surface area contributed by atoms with Crippen molar-refractivity contribution >= 4 is 41.3 Å². The van der Waals surface area contributed by atoms with E-state index in [0.717, 1.165) is 34.5 Å². The lowest BCUT2D eigenvalue weighted by atomic mass is 10.2. The minimum absolute atomic E-state index is 0. The molecular weight excluding hydrogens is 461 g/mol. The summed E-state index contributed by atoms with van der Waals surface area (Å²) in [6, 6.07) is 8.17. The average Bonchev–Trinajstić information content (AvgIpc) is 3.28. The van der Waals surface area contributed by atoms with Crippen LogP contribution in [0.1, 0.15) is 16.3 Å². The van der Waals surface area contributed by atoms with Gasteiger partial charge in [-0.15, -0.1) is 35.3 Å². The summed E-state index contributed by atoms with van der Waals surface area (Å²) in [7, 11) is 3.80. The van der Waals surface area contributed by atoms with Crippen LogP contribution in [0.3, 0.4) is 0 Å². The average molecular weight is 483 g/mol. The maximum Gasteiger partial charge on any atom is 0.194 e. The van der Waals surface area contributed by atoms with E-state index in [1.54, 1.807) is 29.4 Å². The van der Waals surface area contributed by atoms with E-state index in [1.807, 2.05) is 26.1 Å².